The Morgan fingerprint density at radius 2 is 1.44 bits per heavy atom. The van der Waals surface area contributed by atoms with Gasteiger partial charge >= 0.3 is 0 Å². The normalized spacial score (nSPS) is 11.3. The van der Waals surface area contributed by atoms with Crippen LogP contribution in [0.3, 0.4) is 0 Å². The van der Waals surface area contributed by atoms with Gasteiger partial charge in [-0.1, -0.05) is 52.5 Å². The monoisotopic (exact) mass is 315 g/mol. The summed E-state index contributed by atoms with van der Waals surface area (Å²) in [5.74, 6) is 0. The van der Waals surface area contributed by atoms with Gasteiger partial charge in [0.25, 0.3) is 0 Å². The third-order valence-electron chi connectivity index (χ3n) is 2.75. The van der Waals surface area contributed by atoms with Gasteiger partial charge in [-0.05, 0) is 29.7 Å². The summed E-state index contributed by atoms with van der Waals surface area (Å²) in [6.07, 6.45) is 0. The maximum absolute atomic E-state index is 6.15. The molecule has 0 fully saturated rings. The molecule has 0 atom stereocenters. The summed E-state index contributed by atoms with van der Waals surface area (Å²) in [5, 5.41) is 4.62. The number of rotatable bonds is 0. The number of pyridine rings is 1. The third-order valence-corrected chi connectivity index (χ3v) is 4.00. The number of benzene rings is 2. The van der Waals surface area contributed by atoms with E-state index < -0.39 is 0 Å². The molecule has 90 valence electrons. The van der Waals surface area contributed by atoms with Gasteiger partial charge in [-0.2, -0.15) is 0 Å². The number of hydrogen-bond donors (Lipinski definition) is 0. The van der Waals surface area contributed by atoms with Crippen LogP contribution >= 0.6 is 46.4 Å². The zero-order valence-corrected chi connectivity index (χ0v) is 11.9. The fraction of sp³-hybridized carbons (Fsp3) is 0. The van der Waals surface area contributed by atoms with E-state index in [2.05, 4.69) is 4.98 Å². The molecule has 0 amide bonds. The number of halogens is 4. The zero-order chi connectivity index (χ0) is 12.9. The Kier molecular flexibility index (Phi) is 3.03. The first-order valence-corrected chi connectivity index (χ1v) is 6.61. The lowest BCUT2D eigenvalue weighted by atomic mass is 10.1. The Labute approximate surface area is 123 Å². The highest BCUT2D eigenvalue weighted by molar-refractivity contribution is 6.43. The lowest BCUT2D eigenvalue weighted by Crippen LogP contribution is -1.85. The van der Waals surface area contributed by atoms with Gasteiger partial charge in [0.15, 0.2) is 0 Å². The van der Waals surface area contributed by atoms with Crippen LogP contribution in [-0.4, -0.2) is 4.98 Å². The Balaban J connectivity index is 2.56. The van der Waals surface area contributed by atoms with Crippen molar-refractivity contribution in [3.8, 4) is 0 Å². The Hall–Kier alpha value is -0.730. The molecule has 0 bridgehead atoms. The van der Waals surface area contributed by atoms with Gasteiger partial charge in [0, 0.05) is 15.8 Å². The first kappa shape index (κ1) is 12.3. The first-order valence-electron chi connectivity index (χ1n) is 5.10. The van der Waals surface area contributed by atoms with Crippen LogP contribution in [0.1, 0.15) is 0 Å². The van der Waals surface area contributed by atoms with Gasteiger partial charge in [0.1, 0.15) is 5.15 Å². The van der Waals surface area contributed by atoms with Crippen LogP contribution in [0.15, 0.2) is 30.3 Å². The molecule has 3 aromatic rings. The lowest BCUT2D eigenvalue weighted by molar-refractivity contribution is 1.44. The molecule has 1 heterocycles. The maximum Gasteiger partial charge on any atom is 0.137 e. The van der Waals surface area contributed by atoms with E-state index in [9.17, 15) is 0 Å². The average Bonchev–Trinajstić information content (AvgIpc) is 2.32. The number of nitrogens with zero attached hydrogens (tertiary/aromatic N) is 1. The Morgan fingerprint density at radius 3 is 2.22 bits per heavy atom. The molecule has 2 aromatic carbocycles. The van der Waals surface area contributed by atoms with E-state index in [1.165, 1.54) is 0 Å². The third kappa shape index (κ3) is 1.92. The number of aromatic nitrogens is 1. The van der Waals surface area contributed by atoms with Crippen molar-refractivity contribution < 1.29 is 0 Å². The summed E-state index contributed by atoms with van der Waals surface area (Å²) in [6.45, 7) is 0. The lowest BCUT2D eigenvalue weighted by Gasteiger charge is -2.07. The van der Waals surface area contributed by atoms with Crippen LogP contribution in [0.25, 0.3) is 21.7 Å². The molecule has 0 aliphatic heterocycles. The van der Waals surface area contributed by atoms with Crippen LogP contribution in [0.4, 0.5) is 0 Å². The van der Waals surface area contributed by atoms with Crippen molar-refractivity contribution in [2.75, 3.05) is 0 Å². The quantitative estimate of drug-likeness (QED) is 0.366. The standard InChI is InChI=1S/C13H5Cl4N/c14-6-1-2-7-8-4-10(15)11(16)5-12(8)18-13(17)9(7)3-6/h1-5H. The zero-order valence-electron chi connectivity index (χ0n) is 8.85. The molecular weight excluding hydrogens is 312 g/mol. The van der Waals surface area contributed by atoms with Crippen LogP contribution in [-0.2, 0) is 0 Å². The molecule has 0 aliphatic carbocycles. The van der Waals surface area contributed by atoms with Crippen LogP contribution < -0.4 is 0 Å². The summed E-state index contributed by atoms with van der Waals surface area (Å²) in [5.41, 5.74) is 0.712. The summed E-state index contributed by atoms with van der Waals surface area (Å²) in [4.78, 5) is 4.31. The summed E-state index contributed by atoms with van der Waals surface area (Å²) in [7, 11) is 0. The van der Waals surface area contributed by atoms with Gasteiger partial charge in [0.2, 0.25) is 0 Å². The fourth-order valence-electron chi connectivity index (χ4n) is 1.93. The summed E-state index contributed by atoms with van der Waals surface area (Å²) < 4.78 is 0. The summed E-state index contributed by atoms with van der Waals surface area (Å²) >= 11 is 24.1. The largest absolute Gasteiger partial charge is 0.235 e. The molecule has 0 aliphatic rings. The van der Waals surface area contributed by atoms with E-state index >= 15 is 0 Å². The molecule has 5 heteroatoms. The molecule has 1 aromatic heterocycles. The predicted molar refractivity (Wildman–Crippen MR) is 79.3 cm³/mol. The van der Waals surface area contributed by atoms with Crippen LogP contribution in [0.2, 0.25) is 20.2 Å². The minimum Gasteiger partial charge on any atom is -0.235 e. The molecule has 0 saturated carbocycles. The molecule has 0 radical (unpaired) electrons. The SMILES string of the molecule is Clc1ccc2c(c1)c(Cl)nc1cc(Cl)c(Cl)cc12. The van der Waals surface area contributed by atoms with E-state index in [1.807, 2.05) is 12.1 Å². The highest BCUT2D eigenvalue weighted by Gasteiger charge is 2.10. The molecule has 0 saturated heterocycles. The van der Waals surface area contributed by atoms with Gasteiger partial charge in [0.05, 0.1) is 15.6 Å². The van der Waals surface area contributed by atoms with Crippen molar-refractivity contribution in [3.05, 3.63) is 50.6 Å². The predicted octanol–water partition coefficient (Wildman–Crippen LogP) is 6.00. The Bertz CT molecular complexity index is 783. The minimum atomic E-state index is 0.401. The molecule has 0 spiro atoms. The second-order valence-corrected chi connectivity index (χ2v) is 5.48. The van der Waals surface area contributed by atoms with Gasteiger partial charge < -0.3 is 0 Å². The van der Waals surface area contributed by atoms with Crippen molar-refractivity contribution in [2.24, 2.45) is 0 Å². The molecule has 0 unspecified atom stereocenters. The molecule has 18 heavy (non-hydrogen) atoms. The Morgan fingerprint density at radius 1 is 0.722 bits per heavy atom. The van der Waals surface area contributed by atoms with E-state index in [4.69, 9.17) is 46.4 Å². The smallest absolute Gasteiger partial charge is 0.137 e. The first-order chi connectivity index (χ1) is 8.56. The molecule has 3 rings (SSSR count). The number of fused-ring (bicyclic) bond motifs is 3. The van der Waals surface area contributed by atoms with Gasteiger partial charge in [-0.15, -0.1) is 0 Å². The van der Waals surface area contributed by atoms with E-state index in [-0.39, 0.29) is 0 Å². The summed E-state index contributed by atoms with van der Waals surface area (Å²) in [6, 6.07) is 8.99. The van der Waals surface area contributed by atoms with Gasteiger partial charge in [-0.3, -0.25) is 0 Å². The van der Waals surface area contributed by atoms with Gasteiger partial charge in [-0.25, -0.2) is 4.98 Å². The number of hydrogen-bond acceptors (Lipinski definition) is 1. The second-order valence-electron chi connectivity index (χ2n) is 3.88. The topological polar surface area (TPSA) is 12.9 Å². The molecule has 1 nitrogen and oxygen atoms in total. The van der Waals surface area contributed by atoms with Crippen molar-refractivity contribution >= 4 is 68.1 Å². The average molecular weight is 317 g/mol. The molecule has 0 N–H and O–H groups in total. The highest BCUT2D eigenvalue weighted by atomic mass is 35.5. The van der Waals surface area contributed by atoms with E-state index in [0.717, 1.165) is 16.2 Å². The second kappa shape index (κ2) is 4.43. The van der Waals surface area contributed by atoms with Crippen molar-refractivity contribution in [1.82, 2.24) is 4.98 Å². The minimum absolute atomic E-state index is 0.401. The van der Waals surface area contributed by atoms with E-state index in [0.29, 0.717) is 25.7 Å². The van der Waals surface area contributed by atoms with Crippen molar-refractivity contribution in [1.29, 1.82) is 0 Å². The fourth-order valence-corrected chi connectivity index (χ4v) is 2.67. The molecular formula is C13H5Cl4N. The highest BCUT2D eigenvalue weighted by Crippen LogP contribution is 2.35. The van der Waals surface area contributed by atoms with Crippen LogP contribution in [0, 0.1) is 0 Å². The van der Waals surface area contributed by atoms with Crippen LogP contribution in [0.5, 0.6) is 0 Å². The maximum atomic E-state index is 6.15. The van der Waals surface area contributed by atoms with E-state index in [1.54, 1.807) is 18.2 Å². The van der Waals surface area contributed by atoms with Crippen molar-refractivity contribution in [3.63, 3.8) is 0 Å². The van der Waals surface area contributed by atoms with Crippen molar-refractivity contribution in [2.45, 2.75) is 0 Å².